The molecule has 0 bridgehead atoms. The monoisotopic (exact) mass is 524 g/mol. The molecule has 4 heterocycles. The van der Waals surface area contributed by atoms with Crippen molar-refractivity contribution in [3.8, 4) is 0 Å². The van der Waals surface area contributed by atoms with E-state index >= 15 is 0 Å². The van der Waals surface area contributed by atoms with Gasteiger partial charge in [0.25, 0.3) is 11.8 Å². The van der Waals surface area contributed by atoms with Crippen LogP contribution in [0.2, 0.25) is 5.02 Å². The number of carbonyl (C=O) groups is 2. The summed E-state index contributed by atoms with van der Waals surface area (Å²) in [6.07, 6.45) is 0.914. The number of likely N-dealkylation sites (tertiary alicyclic amines) is 2. The number of halogens is 2. The van der Waals surface area contributed by atoms with Crippen LogP contribution in [0.5, 0.6) is 0 Å². The highest BCUT2D eigenvalue weighted by molar-refractivity contribution is 9.10. The Morgan fingerprint density at radius 2 is 1.97 bits per heavy atom. The molecule has 5 rings (SSSR count). The SMILES string of the molecule is O=C(c1cscn1)N1CC[C@H](NC2CN(C(=O)c3sc4cc(Br)ccc4c3Cl)C2)C1. The van der Waals surface area contributed by atoms with Crippen molar-refractivity contribution in [2.45, 2.75) is 18.5 Å². The van der Waals surface area contributed by atoms with Crippen molar-refractivity contribution < 1.29 is 9.59 Å². The highest BCUT2D eigenvalue weighted by Gasteiger charge is 2.36. The summed E-state index contributed by atoms with van der Waals surface area (Å²) in [5.74, 6) is -0.0147. The number of aromatic nitrogens is 1. The molecule has 0 unspecified atom stereocenters. The summed E-state index contributed by atoms with van der Waals surface area (Å²) in [5.41, 5.74) is 2.20. The summed E-state index contributed by atoms with van der Waals surface area (Å²) in [5, 5.41) is 6.83. The molecule has 2 saturated heterocycles. The molecule has 2 aromatic heterocycles. The molecule has 2 aliphatic rings. The first kappa shape index (κ1) is 20.4. The number of thiophene rings is 1. The first-order valence-electron chi connectivity index (χ1n) is 9.60. The van der Waals surface area contributed by atoms with Crippen LogP contribution in [0.1, 0.15) is 26.6 Å². The fourth-order valence-electron chi connectivity index (χ4n) is 3.96. The van der Waals surface area contributed by atoms with E-state index in [0.717, 1.165) is 27.5 Å². The van der Waals surface area contributed by atoms with Crippen LogP contribution in [0, 0.1) is 0 Å². The van der Waals surface area contributed by atoms with Crippen LogP contribution in [-0.4, -0.2) is 64.9 Å². The molecule has 156 valence electrons. The second-order valence-corrected chi connectivity index (χ2v) is 10.6. The minimum Gasteiger partial charge on any atom is -0.336 e. The van der Waals surface area contributed by atoms with Gasteiger partial charge < -0.3 is 15.1 Å². The van der Waals surface area contributed by atoms with Crippen molar-refractivity contribution in [3.05, 3.63) is 49.2 Å². The topological polar surface area (TPSA) is 65.5 Å². The highest BCUT2D eigenvalue weighted by Crippen LogP contribution is 2.38. The van der Waals surface area contributed by atoms with Gasteiger partial charge >= 0.3 is 0 Å². The number of hydrogen-bond donors (Lipinski definition) is 1. The molecule has 1 aromatic carbocycles. The minimum absolute atomic E-state index is 0.00277. The van der Waals surface area contributed by atoms with Crippen molar-refractivity contribution in [3.63, 3.8) is 0 Å². The number of nitrogens with one attached hydrogen (secondary N) is 1. The fraction of sp³-hybridized carbons (Fsp3) is 0.350. The minimum atomic E-state index is -0.0119. The van der Waals surface area contributed by atoms with Gasteiger partial charge in [-0.25, -0.2) is 4.98 Å². The number of rotatable bonds is 4. The molecule has 0 radical (unpaired) electrons. The van der Waals surface area contributed by atoms with E-state index in [1.165, 1.54) is 22.7 Å². The molecule has 2 fully saturated rings. The first-order valence-corrected chi connectivity index (χ1v) is 12.5. The van der Waals surface area contributed by atoms with Crippen LogP contribution in [-0.2, 0) is 0 Å². The van der Waals surface area contributed by atoms with E-state index in [1.807, 2.05) is 28.0 Å². The van der Waals surface area contributed by atoms with Crippen molar-refractivity contribution in [1.82, 2.24) is 20.1 Å². The summed E-state index contributed by atoms with van der Waals surface area (Å²) in [4.78, 5) is 33.7. The van der Waals surface area contributed by atoms with Gasteiger partial charge in [0, 0.05) is 58.2 Å². The van der Waals surface area contributed by atoms with E-state index < -0.39 is 0 Å². The standard InChI is InChI=1S/C20H18BrClN4O2S2/c21-11-1-2-14-16(5-11)30-18(17(14)22)20(28)26-7-13(8-26)24-12-3-4-25(6-12)19(27)15-9-29-10-23-15/h1-2,5,9-10,12-13,24H,3-4,6-8H2/t12-/m0/s1. The normalized spacial score (nSPS) is 19.5. The first-order chi connectivity index (χ1) is 14.5. The molecule has 0 aliphatic carbocycles. The zero-order chi connectivity index (χ0) is 20.8. The zero-order valence-corrected chi connectivity index (χ0v) is 19.8. The Morgan fingerprint density at radius 1 is 1.17 bits per heavy atom. The summed E-state index contributed by atoms with van der Waals surface area (Å²) < 4.78 is 1.97. The lowest BCUT2D eigenvalue weighted by molar-refractivity contribution is 0.0558. The van der Waals surface area contributed by atoms with Gasteiger partial charge in [-0.1, -0.05) is 33.6 Å². The van der Waals surface area contributed by atoms with Crippen LogP contribution in [0.3, 0.4) is 0 Å². The van der Waals surface area contributed by atoms with Crippen molar-refractivity contribution in [1.29, 1.82) is 0 Å². The predicted octanol–water partition coefficient (Wildman–Crippen LogP) is 4.10. The summed E-state index contributed by atoms with van der Waals surface area (Å²) >= 11 is 12.8. The number of thiazole rings is 1. The lowest BCUT2D eigenvalue weighted by atomic mass is 10.1. The van der Waals surface area contributed by atoms with E-state index in [-0.39, 0.29) is 23.9 Å². The van der Waals surface area contributed by atoms with Gasteiger partial charge in [0.2, 0.25) is 0 Å². The molecule has 3 aromatic rings. The van der Waals surface area contributed by atoms with Gasteiger partial charge in [-0.2, -0.15) is 0 Å². The Morgan fingerprint density at radius 3 is 2.73 bits per heavy atom. The maximum absolute atomic E-state index is 12.9. The van der Waals surface area contributed by atoms with Gasteiger partial charge in [0.15, 0.2) is 0 Å². The van der Waals surface area contributed by atoms with E-state index in [2.05, 4.69) is 26.2 Å². The van der Waals surface area contributed by atoms with Crippen LogP contribution in [0.15, 0.2) is 33.6 Å². The van der Waals surface area contributed by atoms with Crippen LogP contribution < -0.4 is 5.32 Å². The molecule has 1 atom stereocenters. The molecular weight excluding hydrogens is 508 g/mol. The molecule has 2 aliphatic heterocycles. The second kappa shape index (κ2) is 8.20. The summed E-state index contributed by atoms with van der Waals surface area (Å²) in [7, 11) is 0. The third kappa shape index (κ3) is 3.78. The van der Waals surface area contributed by atoms with Crippen LogP contribution >= 0.6 is 50.2 Å². The Labute approximate surface area is 195 Å². The Balaban J connectivity index is 1.16. The Bertz CT molecular complexity index is 1110. The lowest BCUT2D eigenvalue weighted by Gasteiger charge is -2.41. The van der Waals surface area contributed by atoms with E-state index in [1.54, 1.807) is 10.9 Å². The smallest absolute Gasteiger partial charge is 0.273 e. The zero-order valence-electron chi connectivity index (χ0n) is 15.8. The Kier molecular flexibility index (Phi) is 5.57. The largest absolute Gasteiger partial charge is 0.336 e. The van der Waals surface area contributed by atoms with Crippen molar-refractivity contribution in [2.24, 2.45) is 0 Å². The van der Waals surface area contributed by atoms with Crippen molar-refractivity contribution >= 4 is 72.1 Å². The molecule has 30 heavy (non-hydrogen) atoms. The quantitative estimate of drug-likeness (QED) is 0.557. The number of fused-ring (bicyclic) bond motifs is 1. The average molecular weight is 526 g/mol. The number of carbonyl (C=O) groups excluding carboxylic acids is 2. The maximum Gasteiger partial charge on any atom is 0.273 e. The van der Waals surface area contributed by atoms with Gasteiger partial charge in [-0.05, 0) is 18.6 Å². The van der Waals surface area contributed by atoms with E-state index in [0.29, 0.717) is 35.2 Å². The second-order valence-electron chi connectivity index (χ2n) is 7.57. The summed E-state index contributed by atoms with van der Waals surface area (Å²) in [6, 6.07) is 6.36. The van der Waals surface area contributed by atoms with Crippen LogP contribution in [0.25, 0.3) is 10.1 Å². The third-order valence-corrected chi connectivity index (χ3v) is 8.28. The van der Waals surface area contributed by atoms with Gasteiger partial charge in [0.05, 0.1) is 10.5 Å². The predicted molar refractivity (Wildman–Crippen MR) is 124 cm³/mol. The third-order valence-electron chi connectivity index (χ3n) is 5.55. The molecule has 1 N–H and O–H groups in total. The van der Waals surface area contributed by atoms with Gasteiger partial charge in [-0.15, -0.1) is 22.7 Å². The highest BCUT2D eigenvalue weighted by atomic mass is 79.9. The van der Waals surface area contributed by atoms with Gasteiger partial charge in [-0.3, -0.25) is 9.59 Å². The molecule has 6 nitrogen and oxygen atoms in total. The van der Waals surface area contributed by atoms with Gasteiger partial charge in [0.1, 0.15) is 10.6 Å². The van der Waals surface area contributed by atoms with E-state index in [9.17, 15) is 9.59 Å². The number of benzene rings is 1. The number of amides is 2. The summed E-state index contributed by atoms with van der Waals surface area (Å²) in [6.45, 7) is 2.72. The lowest BCUT2D eigenvalue weighted by Crippen LogP contribution is -2.62. The molecule has 0 saturated carbocycles. The average Bonchev–Trinajstić information content (AvgIpc) is 3.44. The fourth-order valence-corrected chi connectivity index (χ4v) is 6.52. The van der Waals surface area contributed by atoms with E-state index in [4.69, 9.17) is 11.6 Å². The number of nitrogens with zero attached hydrogens (tertiary/aromatic N) is 3. The van der Waals surface area contributed by atoms with Crippen molar-refractivity contribution in [2.75, 3.05) is 26.2 Å². The molecule has 2 amide bonds. The Hall–Kier alpha value is -1.52. The molecular formula is C20H18BrClN4O2S2. The van der Waals surface area contributed by atoms with Crippen LogP contribution in [0.4, 0.5) is 0 Å². The molecule has 0 spiro atoms. The number of hydrogen-bond acceptors (Lipinski definition) is 6. The molecule has 10 heteroatoms. The maximum atomic E-state index is 12.9.